The van der Waals surface area contributed by atoms with Crippen LogP contribution in [0.4, 0.5) is 4.39 Å². The van der Waals surface area contributed by atoms with Crippen LogP contribution in [-0.2, 0) is 9.53 Å². The van der Waals surface area contributed by atoms with Crippen molar-refractivity contribution in [2.45, 2.75) is 18.9 Å². The standard InChI is InChI=1S/C18H23ClFN3O3.ClH/c19-13-2-1-3-14(20)15(13)17(24)22-6-8-23(9-7-22)18(25)16(21)12-4-10-26-11-5-12;/h1-3,12,16H,4-11,21H2;1H. The number of amides is 2. The van der Waals surface area contributed by atoms with Crippen molar-refractivity contribution in [1.82, 2.24) is 9.80 Å². The van der Waals surface area contributed by atoms with E-state index < -0.39 is 17.8 Å². The summed E-state index contributed by atoms with van der Waals surface area (Å²) in [5.74, 6) is -1.04. The number of halogens is 3. The summed E-state index contributed by atoms with van der Waals surface area (Å²) in [4.78, 5) is 28.4. The molecule has 0 saturated carbocycles. The third-order valence-electron chi connectivity index (χ3n) is 5.11. The van der Waals surface area contributed by atoms with E-state index in [4.69, 9.17) is 22.1 Å². The Morgan fingerprint density at radius 1 is 1.15 bits per heavy atom. The van der Waals surface area contributed by atoms with E-state index >= 15 is 0 Å². The van der Waals surface area contributed by atoms with E-state index in [1.807, 2.05) is 0 Å². The molecule has 1 unspecified atom stereocenters. The highest BCUT2D eigenvalue weighted by atomic mass is 35.5. The number of hydrogen-bond donors (Lipinski definition) is 1. The van der Waals surface area contributed by atoms with Crippen LogP contribution in [0.2, 0.25) is 5.02 Å². The summed E-state index contributed by atoms with van der Waals surface area (Å²) >= 11 is 5.97. The van der Waals surface area contributed by atoms with Crippen molar-refractivity contribution < 1.29 is 18.7 Å². The van der Waals surface area contributed by atoms with Gasteiger partial charge in [0.15, 0.2) is 0 Å². The number of ether oxygens (including phenoxy) is 1. The highest BCUT2D eigenvalue weighted by Crippen LogP contribution is 2.22. The molecule has 2 fully saturated rings. The third kappa shape index (κ3) is 4.90. The van der Waals surface area contributed by atoms with Gasteiger partial charge >= 0.3 is 0 Å². The Kier molecular flexibility index (Phi) is 7.85. The van der Waals surface area contributed by atoms with E-state index in [2.05, 4.69) is 0 Å². The minimum Gasteiger partial charge on any atom is -0.381 e. The van der Waals surface area contributed by atoms with Crippen LogP contribution in [0.3, 0.4) is 0 Å². The maximum Gasteiger partial charge on any atom is 0.258 e. The van der Waals surface area contributed by atoms with Crippen molar-refractivity contribution >= 4 is 35.8 Å². The number of carbonyl (C=O) groups excluding carboxylic acids is 2. The molecule has 9 heteroatoms. The largest absolute Gasteiger partial charge is 0.381 e. The molecule has 150 valence electrons. The zero-order chi connectivity index (χ0) is 18.7. The molecule has 3 rings (SSSR count). The zero-order valence-electron chi connectivity index (χ0n) is 14.9. The average Bonchev–Trinajstić information content (AvgIpc) is 2.67. The molecule has 1 aromatic carbocycles. The molecule has 2 saturated heterocycles. The molecule has 0 spiro atoms. The predicted molar refractivity (Wildman–Crippen MR) is 103 cm³/mol. The van der Waals surface area contributed by atoms with E-state index in [9.17, 15) is 14.0 Å². The lowest BCUT2D eigenvalue weighted by Gasteiger charge is -2.37. The molecular weight excluding hydrogens is 396 g/mol. The third-order valence-corrected chi connectivity index (χ3v) is 5.43. The summed E-state index contributed by atoms with van der Waals surface area (Å²) in [5, 5.41) is 0.0926. The molecule has 1 atom stereocenters. The number of nitrogens with zero attached hydrogens (tertiary/aromatic N) is 2. The van der Waals surface area contributed by atoms with Crippen LogP contribution in [0.1, 0.15) is 23.2 Å². The van der Waals surface area contributed by atoms with Crippen LogP contribution in [0.15, 0.2) is 18.2 Å². The van der Waals surface area contributed by atoms with Gasteiger partial charge in [0, 0.05) is 39.4 Å². The SMILES string of the molecule is Cl.NC(C(=O)N1CCN(C(=O)c2c(F)cccc2Cl)CC1)C1CCOCC1. The normalized spacial score (nSPS) is 19.4. The number of nitrogens with two attached hydrogens (primary N) is 1. The maximum absolute atomic E-state index is 13.9. The summed E-state index contributed by atoms with van der Waals surface area (Å²) in [7, 11) is 0. The van der Waals surface area contributed by atoms with Crippen LogP contribution in [-0.4, -0.2) is 67.0 Å². The number of hydrogen-bond acceptors (Lipinski definition) is 4. The van der Waals surface area contributed by atoms with Crippen LogP contribution in [0, 0.1) is 11.7 Å². The Labute approximate surface area is 169 Å². The molecule has 2 heterocycles. The van der Waals surface area contributed by atoms with Gasteiger partial charge in [-0.3, -0.25) is 9.59 Å². The second-order valence-electron chi connectivity index (χ2n) is 6.69. The van der Waals surface area contributed by atoms with Crippen molar-refractivity contribution in [1.29, 1.82) is 0 Å². The van der Waals surface area contributed by atoms with Gasteiger partial charge in [0.2, 0.25) is 5.91 Å². The number of benzene rings is 1. The van der Waals surface area contributed by atoms with Crippen molar-refractivity contribution in [3.8, 4) is 0 Å². The van der Waals surface area contributed by atoms with Crippen LogP contribution in [0.5, 0.6) is 0 Å². The summed E-state index contributed by atoms with van der Waals surface area (Å²) < 4.78 is 19.3. The predicted octanol–water partition coefficient (Wildman–Crippen LogP) is 1.94. The van der Waals surface area contributed by atoms with Crippen LogP contribution < -0.4 is 5.73 Å². The van der Waals surface area contributed by atoms with Gasteiger partial charge in [0.1, 0.15) is 5.82 Å². The van der Waals surface area contributed by atoms with Gasteiger partial charge < -0.3 is 20.3 Å². The lowest BCUT2D eigenvalue weighted by Crippen LogP contribution is -2.56. The van der Waals surface area contributed by atoms with Gasteiger partial charge in [-0.1, -0.05) is 17.7 Å². The molecule has 2 N–H and O–H groups in total. The monoisotopic (exact) mass is 419 g/mol. The Bertz CT molecular complexity index is 658. The smallest absolute Gasteiger partial charge is 0.258 e. The van der Waals surface area contributed by atoms with E-state index in [1.54, 1.807) is 4.90 Å². The van der Waals surface area contributed by atoms with Gasteiger partial charge in [0.25, 0.3) is 5.91 Å². The average molecular weight is 420 g/mol. The number of carbonyl (C=O) groups is 2. The minimum atomic E-state index is -0.637. The molecule has 1 aromatic rings. The number of rotatable bonds is 3. The van der Waals surface area contributed by atoms with Crippen LogP contribution >= 0.6 is 24.0 Å². The molecule has 0 aromatic heterocycles. The Morgan fingerprint density at radius 2 is 1.74 bits per heavy atom. The first-order valence-electron chi connectivity index (χ1n) is 8.84. The fourth-order valence-electron chi connectivity index (χ4n) is 3.48. The lowest BCUT2D eigenvalue weighted by atomic mass is 9.91. The van der Waals surface area contributed by atoms with Gasteiger partial charge in [-0.25, -0.2) is 4.39 Å². The fourth-order valence-corrected chi connectivity index (χ4v) is 3.72. The quantitative estimate of drug-likeness (QED) is 0.811. The maximum atomic E-state index is 13.9. The van der Waals surface area contributed by atoms with E-state index in [0.717, 1.165) is 12.8 Å². The van der Waals surface area contributed by atoms with Gasteiger partial charge in [-0.05, 0) is 30.9 Å². The summed E-state index contributed by atoms with van der Waals surface area (Å²) in [6, 6.07) is 3.63. The topological polar surface area (TPSA) is 75.9 Å². The van der Waals surface area contributed by atoms with Crippen molar-refractivity contribution in [2.75, 3.05) is 39.4 Å². The Balaban J connectivity index is 0.00000261. The van der Waals surface area contributed by atoms with Crippen molar-refractivity contribution in [3.05, 3.63) is 34.6 Å². The molecule has 6 nitrogen and oxygen atoms in total. The fraction of sp³-hybridized carbons (Fsp3) is 0.556. The highest BCUT2D eigenvalue weighted by Gasteiger charge is 2.33. The van der Waals surface area contributed by atoms with Crippen molar-refractivity contribution in [3.63, 3.8) is 0 Å². The molecule has 2 aliphatic heterocycles. The second kappa shape index (κ2) is 9.68. The van der Waals surface area contributed by atoms with Gasteiger partial charge in [-0.15, -0.1) is 12.4 Å². The summed E-state index contributed by atoms with van der Waals surface area (Å²) in [6.45, 7) is 2.70. The van der Waals surface area contributed by atoms with E-state index in [1.165, 1.54) is 23.1 Å². The lowest BCUT2D eigenvalue weighted by molar-refractivity contribution is -0.136. The summed E-state index contributed by atoms with van der Waals surface area (Å²) in [6.07, 6.45) is 1.58. The Morgan fingerprint density at radius 3 is 2.33 bits per heavy atom. The zero-order valence-corrected chi connectivity index (χ0v) is 16.5. The molecular formula is C18H24Cl2FN3O3. The Hall–Kier alpha value is -1.41. The van der Waals surface area contributed by atoms with Crippen molar-refractivity contribution in [2.24, 2.45) is 11.7 Å². The molecule has 27 heavy (non-hydrogen) atoms. The summed E-state index contributed by atoms with van der Waals surface area (Å²) in [5.41, 5.74) is 6.04. The molecule has 2 aliphatic rings. The first kappa shape index (κ1) is 21.9. The number of piperazine rings is 1. The van der Waals surface area contributed by atoms with E-state index in [-0.39, 0.29) is 34.8 Å². The minimum absolute atomic E-state index is 0. The highest BCUT2D eigenvalue weighted by molar-refractivity contribution is 6.33. The first-order chi connectivity index (χ1) is 12.5. The molecule has 0 aliphatic carbocycles. The molecule has 0 bridgehead atoms. The first-order valence-corrected chi connectivity index (χ1v) is 9.22. The molecule has 0 radical (unpaired) electrons. The van der Waals surface area contributed by atoms with Crippen LogP contribution in [0.25, 0.3) is 0 Å². The van der Waals surface area contributed by atoms with E-state index in [0.29, 0.717) is 39.4 Å². The van der Waals surface area contributed by atoms with Gasteiger partial charge in [0.05, 0.1) is 16.6 Å². The molecule has 2 amide bonds. The van der Waals surface area contributed by atoms with Gasteiger partial charge in [-0.2, -0.15) is 0 Å². The second-order valence-corrected chi connectivity index (χ2v) is 7.10.